The minimum Gasteiger partial charge on any atom is -0.355 e. The molecule has 1 saturated carbocycles. The molecule has 0 bridgehead atoms. The van der Waals surface area contributed by atoms with Crippen LogP contribution in [0.5, 0.6) is 0 Å². The highest BCUT2D eigenvalue weighted by Crippen LogP contribution is 2.29. The number of benzene rings is 1. The monoisotopic (exact) mass is 328 g/mol. The number of amides is 3. The van der Waals surface area contributed by atoms with Gasteiger partial charge in [0.15, 0.2) is 0 Å². The molecule has 2 aromatic rings. The van der Waals surface area contributed by atoms with E-state index in [0.717, 1.165) is 18.4 Å². The molecule has 7 nitrogen and oxygen atoms in total. The second-order valence-corrected chi connectivity index (χ2v) is 5.90. The van der Waals surface area contributed by atoms with Gasteiger partial charge in [0, 0.05) is 31.3 Å². The Labute approximate surface area is 140 Å². The highest BCUT2D eigenvalue weighted by atomic mass is 16.5. The van der Waals surface area contributed by atoms with E-state index in [-0.39, 0.29) is 18.0 Å². The molecule has 2 N–H and O–H groups in total. The number of rotatable bonds is 5. The van der Waals surface area contributed by atoms with Crippen LogP contribution in [-0.2, 0) is 6.54 Å². The van der Waals surface area contributed by atoms with E-state index >= 15 is 0 Å². The number of nitrogens with one attached hydrogen (secondary N) is 2. The summed E-state index contributed by atoms with van der Waals surface area (Å²) in [6.45, 7) is 2.28. The number of aryl methyl sites for hydroxylation is 1. The second kappa shape index (κ2) is 6.74. The fourth-order valence-corrected chi connectivity index (χ4v) is 2.46. The van der Waals surface area contributed by atoms with E-state index in [1.165, 1.54) is 0 Å². The third-order valence-electron chi connectivity index (χ3n) is 3.90. The van der Waals surface area contributed by atoms with Crippen molar-refractivity contribution in [1.29, 1.82) is 0 Å². The molecule has 0 unspecified atom stereocenters. The van der Waals surface area contributed by atoms with Crippen molar-refractivity contribution < 1.29 is 14.1 Å². The lowest BCUT2D eigenvalue weighted by atomic mass is 10.1. The van der Waals surface area contributed by atoms with Crippen LogP contribution in [0, 0.1) is 6.92 Å². The quantitative estimate of drug-likeness (QED) is 0.883. The zero-order chi connectivity index (χ0) is 17.1. The van der Waals surface area contributed by atoms with E-state index in [4.69, 9.17) is 4.52 Å². The number of hydrogen-bond acceptors (Lipinski definition) is 4. The molecule has 24 heavy (non-hydrogen) atoms. The molecule has 1 aliphatic carbocycles. The first-order chi connectivity index (χ1) is 11.6. The average molecular weight is 328 g/mol. The maximum Gasteiger partial charge on any atom is 0.324 e. The van der Waals surface area contributed by atoms with Crippen molar-refractivity contribution in [1.82, 2.24) is 15.4 Å². The number of carbonyl (C=O) groups excluding carboxylic acids is 2. The lowest BCUT2D eigenvalue weighted by Gasteiger charge is -2.22. The van der Waals surface area contributed by atoms with Crippen LogP contribution in [0.4, 0.5) is 10.7 Å². The van der Waals surface area contributed by atoms with Gasteiger partial charge in [-0.05, 0) is 37.5 Å². The van der Waals surface area contributed by atoms with Gasteiger partial charge in [0.25, 0.3) is 5.91 Å². The Morgan fingerprint density at radius 3 is 2.54 bits per heavy atom. The number of hydrogen-bond donors (Lipinski definition) is 2. The van der Waals surface area contributed by atoms with Crippen molar-refractivity contribution in [3.8, 4) is 0 Å². The summed E-state index contributed by atoms with van der Waals surface area (Å²) in [5, 5.41) is 9.09. The molecular weight excluding hydrogens is 308 g/mol. The van der Waals surface area contributed by atoms with Gasteiger partial charge in [-0.15, -0.1) is 0 Å². The summed E-state index contributed by atoms with van der Waals surface area (Å²) in [6.07, 6.45) is 2.00. The minimum atomic E-state index is -0.205. The molecule has 0 aliphatic heterocycles. The average Bonchev–Trinajstić information content (AvgIpc) is 3.35. The molecule has 1 aliphatic rings. The zero-order valence-corrected chi connectivity index (χ0v) is 13.7. The maximum atomic E-state index is 12.5. The fourth-order valence-electron chi connectivity index (χ4n) is 2.46. The van der Waals surface area contributed by atoms with Gasteiger partial charge < -0.3 is 14.7 Å². The van der Waals surface area contributed by atoms with Gasteiger partial charge in [-0.1, -0.05) is 17.3 Å². The van der Waals surface area contributed by atoms with E-state index in [1.807, 2.05) is 12.1 Å². The molecule has 1 heterocycles. The van der Waals surface area contributed by atoms with Crippen molar-refractivity contribution in [3.63, 3.8) is 0 Å². The molecule has 1 aromatic carbocycles. The van der Waals surface area contributed by atoms with E-state index in [2.05, 4.69) is 15.8 Å². The molecule has 7 heteroatoms. The van der Waals surface area contributed by atoms with Crippen LogP contribution in [-0.4, -0.2) is 35.1 Å². The van der Waals surface area contributed by atoms with E-state index in [0.29, 0.717) is 23.7 Å². The van der Waals surface area contributed by atoms with Crippen LogP contribution in [0.15, 0.2) is 34.9 Å². The SMILES string of the molecule is CNC(=O)c1ccc(CN(C(=O)Nc2cc(C)no2)C2CC2)cc1. The van der Waals surface area contributed by atoms with Crippen LogP contribution >= 0.6 is 0 Å². The normalized spacial score (nSPS) is 13.4. The van der Waals surface area contributed by atoms with Crippen LogP contribution < -0.4 is 10.6 Å². The lowest BCUT2D eigenvalue weighted by Crippen LogP contribution is -2.36. The molecular formula is C17H20N4O3. The smallest absolute Gasteiger partial charge is 0.324 e. The number of urea groups is 1. The van der Waals surface area contributed by atoms with Gasteiger partial charge in [0.2, 0.25) is 5.88 Å². The number of carbonyl (C=O) groups is 2. The molecule has 3 rings (SSSR count). The molecule has 3 amide bonds. The van der Waals surface area contributed by atoms with Crippen molar-refractivity contribution >= 4 is 17.8 Å². The number of aromatic nitrogens is 1. The summed E-state index contributed by atoms with van der Waals surface area (Å²) in [5.74, 6) is 0.220. The predicted molar refractivity (Wildman–Crippen MR) is 88.7 cm³/mol. The Balaban J connectivity index is 1.67. The first-order valence-electron chi connectivity index (χ1n) is 7.89. The summed E-state index contributed by atoms with van der Waals surface area (Å²) in [5.41, 5.74) is 2.28. The third-order valence-corrected chi connectivity index (χ3v) is 3.90. The van der Waals surface area contributed by atoms with Crippen LogP contribution in [0.1, 0.15) is 34.5 Å². The topological polar surface area (TPSA) is 87.5 Å². The first-order valence-corrected chi connectivity index (χ1v) is 7.89. The lowest BCUT2D eigenvalue weighted by molar-refractivity contribution is 0.0963. The van der Waals surface area contributed by atoms with Crippen molar-refractivity contribution in [3.05, 3.63) is 47.2 Å². The van der Waals surface area contributed by atoms with Crippen molar-refractivity contribution in [2.24, 2.45) is 0 Å². The van der Waals surface area contributed by atoms with Gasteiger partial charge in [-0.2, -0.15) is 0 Å². The zero-order valence-electron chi connectivity index (χ0n) is 13.7. The van der Waals surface area contributed by atoms with Crippen LogP contribution in [0.3, 0.4) is 0 Å². The molecule has 126 valence electrons. The minimum absolute atomic E-state index is 0.126. The maximum absolute atomic E-state index is 12.5. The third kappa shape index (κ3) is 3.73. The standard InChI is InChI=1S/C17H20N4O3/c1-11-9-15(24-20-11)19-17(23)21(14-7-8-14)10-12-3-5-13(6-4-12)16(22)18-2/h3-6,9,14H,7-8,10H2,1-2H3,(H,18,22)(H,19,23). The molecule has 0 spiro atoms. The first kappa shape index (κ1) is 16.0. The van der Waals surface area contributed by atoms with Gasteiger partial charge in [-0.3, -0.25) is 10.1 Å². The number of nitrogens with zero attached hydrogens (tertiary/aromatic N) is 2. The summed E-state index contributed by atoms with van der Waals surface area (Å²) < 4.78 is 5.04. The van der Waals surface area contributed by atoms with Crippen LogP contribution in [0.25, 0.3) is 0 Å². The van der Waals surface area contributed by atoms with E-state index in [9.17, 15) is 9.59 Å². The summed E-state index contributed by atoms with van der Waals surface area (Å²) >= 11 is 0. The Morgan fingerprint density at radius 2 is 2.00 bits per heavy atom. The summed E-state index contributed by atoms with van der Waals surface area (Å²) in [7, 11) is 1.60. The highest BCUT2D eigenvalue weighted by Gasteiger charge is 2.33. The summed E-state index contributed by atoms with van der Waals surface area (Å²) in [6, 6.07) is 8.98. The molecule has 0 radical (unpaired) electrons. The summed E-state index contributed by atoms with van der Waals surface area (Å²) in [4.78, 5) is 25.9. The molecule has 0 atom stereocenters. The molecule has 1 fully saturated rings. The van der Waals surface area contributed by atoms with Gasteiger partial charge in [0.1, 0.15) is 0 Å². The van der Waals surface area contributed by atoms with E-state index < -0.39 is 0 Å². The van der Waals surface area contributed by atoms with Gasteiger partial charge in [-0.25, -0.2) is 4.79 Å². The second-order valence-electron chi connectivity index (χ2n) is 5.90. The Kier molecular flexibility index (Phi) is 4.50. The van der Waals surface area contributed by atoms with Crippen molar-refractivity contribution in [2.45, 2.75) is 32.4 Å². The fraction of sp³-hybridized carbons (Fsp3) is 0.353. The molecule has 1 aromatic heterocycles. The largest absolute Gasteiger partial charge is 0.355 e. The van der Waals surface area contributed by atoms with Gasteiger partial charge in [0.05, 0.1) is 5.69 Å². The van der Waals surface area contributed by atoms with Gasteiger partial charge >= 0.3 is 6.03 Å². The number of anilines is 1. The predicted octanol–water partition coefficient (Wildman–Crippen LogP) is 2.54. The Morgan fingerprint density at radius 1 is 1.29 bits per heavy atom. The highest BCUT2D eigenvalue weighted by molar-refractivity contribution is 5.94. The van der Waals surface area contributed by atoms with E-state index in [1.54, 1.807) is 37.1 Å². The van der Waals surface area contributed by atoms with Crippen molar-refractivity contribution in [2.75, 3.05) is 12.4 Å². The van der Waals surface area contributed by atoms with Crippen LogP contribution in [0.2, 0.25) is 0 Å². The Hall–Kier alpha value is -2.83. The molecule has 0 saturated heterocycles. The Bertz CT molecular complexity index is 735.